The third-order valence-electron chi connectivity index (χ3n) is 4.80. The maximum atomic E-state index is 13.0. The molecule has 1 aliphatic rings. The number of primary amides is 1. The summed E-state index contributed by atoms with van der Waals surface area (Å²) in [6.45, 7) is 0.190. The normalized spacial score (nSPS) is 14.5. The molecule has 0 unspecified atom stereocenters. The number of rotatable bonds is 10. The summed E-state index contributed by atoms with van der Waals surface area (Å²) in [6, 6.07) is 10.8. The largest absolute Gasteiger partial charge is 0.493 e. The molecule has 0 spiro atoms. The molecule has 1 heterocycles. The van der Waals surface area contributed by atoms with Gasteiger partial charge in [0.25, 0.3) is 11.8 Å². The van der Waals surface area contributed by atoms with Crippen LogP contribution in [0.3, 0.4) is 0 Å². The van der Waals surface area contributed by atoms with Crippen LogP contribution in [0.1, 0.15) is 11.1 Å². The van der Waals surface area contributed by atoms with Crippen LogP contribution in [-0.2, 0) is 16.0 Å². The second-order valence-corrected chi connectivity index (χ2v) is 8.61. The minimum Gasteiger partial charge on any atom is -0.493 e. The summed E-state index contributed by atoms with van der Waals surface area (Å²) in [6.07, 6.45) is 2.36. The molecule has 10 heteroatoms. The van der Waals surface area contributed by atoms with Gasteiger partial charge in [-0.15, -0.1) is 0 Å². The van der Waals surface area contributed by atoms with E-state index in [1.54, 1.807) is 43.4 Å². The zero-order valence-corrected chi connectivity index (χ0v) is 20.1. The van der Waals surface area contributed by atoms with Crippen LogP contribution < -0.4 is 24.7 Å². The molecule has 8 nitrogen and oxygen atoms in total. The van der Waals surface area contributed by atoms with Gasteiger partial charge in [-0.05, 0) is 47.9 Å². The van der Waals surface area contributed by atoms with E-state index in [2.05, 4.69) is 0 Å². The topological polar surface area (TPSA) is 100 Å². The van der Waals surface area contributed by atoms with Crippen LogP contribution >= 0.6 is 24.0 Å². The standard InChI is InChI=1S/C23H24N2O6S2/c1-28-16-6-4-14(10-18(16)29-2)8-9-25-22(27)20(33-23(25)32)12-15-5-7-17(19(11-15)30-3)31-13-21(24)26/h4-7,10-12H,8-9,13H2,1-3H3,(H2,24,26)/b20-12+. The van der Waals surface area contributed by atoms with Crippen LogP contribution in [0.15, 0.2) is 41.3 Å². The molecule has 0 bridgehead atoms. The molecule has 0 saturated carbocycles. The number of carbonyl (C=O) groups excluding carboxylic acids is 2. The lowest BCUT2D eigenvalue weighted by molar-refractivity contribution is -0.122. The van der Waals surface area contributed by atoms with Gasteiger partial charge in [0.05, 0.1) is 26.2 Å². The summed E-state index contributed by atoms with van der Waals surface area (Å²) < 4.78 is 21.8. The van der Waals surface area contributed by atoms with Gasteiger partial charge in [-0.25, -0.2) is 0 Å². The van der Waals surface area contributed by atoms with Crippen molar-refractivity contribution in [1.82, 2.24) is 4.90 Å². The average molecular weight is 489 g/mol. The van der Waals surface area contributed by atoms with Gasteiger partial charge in [0.15, 0.2) is 29.6 Å². The maximum Gasteiger partial charge on any atom is 0.266 e. The number of ether oxygens (including phenoxy) is 4. The fraction of sp³-hybridized carbons (Fsp3) is 0.261. The van der Waals surface area contributed by atoms with E-state index in [-0.39, 0.29) is 12.5 Å². The number of nitrogens with two attached hydrogens (primary N) is 1. The molecule has 0 aliphatic carbocycles. The summed E-state index contributed by atoms with van der Waals surface area (Å²) in [5.74, 6) is 1.36. The molecule has 1 aliphatic heterocycles. The van der Waals surface area contributed by atoms with E-state index in [0.29, 0.717) is 45.2 Å². The molecule has 2 aromatic carbocycles. The van der Waals surface area contributed by atoms with Gasteiger partial charge in [-0.2, -0.15) is 0 Å². The Kier molecular flexibility index (Phi) is 8.18. The minimum atomic E-state index is -0.585. The van der Waals surface area contributed by atoms with Crippen LogP contribution in [0.25, 0.3) is 6.08 Å². The predicted octanol–water partition coefficient (Wildman–Crippen LogP) is 3.02. The smallest absolute Gasteiger partial charge is 0.266 e. The number of methoxy groups -OCH3 is 3. The number of thiocarbonyl (C=S) groups is 1. The summed E-state index contributed by atoms with van der Waals surface area (Å²) in [7, 11) is 4.66. The summed E-state index contributed by atoms with van der Waals surface area (Å²) in [5.41, 5.74) is 6.85. The zero-order valence-electron chi connectivity index (χ0n) is 18.5. The molecular formula is C23H24N2O6S2. The summed E-state index contributed by atoms with van der Waals surface area (Å²) >= 11 is 6.69. The number of thioether (sulfide) groups is 1. The molecule has 1 saturated heterocycles. The summed E-state index contributed by atoms with van der Waals surface area (Å²) in [4.78, 5) is 26.0. The van der Waals surface area contributed by atoms with E-state index in [1.807, 2.05) is 18.2 Å². The molecule has 2 aromatic rings. The van der Waals surface area contributed by atoms with Crippen LogP contribution in [0.5, 0.6) is 23.0 Å². The minimum absolute atomic E-state index is 0.154. The average Bonchev–Trinajstić information content (AvgIpc) is 3.08. The fourth-order valence-corrected chi connectivity index (χ4v) is 4.47. The van der Waals surface area contributed by atoms with Crippen molar-refractivity contribution in [2.75, 3.05) is 34.5 Å². The fourth-order valence-electron chi connectivity index (χ4n) is 3.16. The summed E-state index contributed by atoms with van der Waals surface area (Å²) in [5, 5.41) is 0. The first-order valence-corrected chi connectivity index (χ1v) is 11.1. The molecule has 33 heavy (non-hydrogen) atoms. The van der Waals surface area contributed by atoms with Crippen molar-refractivity contribution in [2.24, 2.45) is 5.73 Å². The van der Waals surface area contributed by atoms with Crippen molar-refractivity contribution in [3.63, 3.8) is 0 Å². The highest BCUT2D eigenvalue weighted by molar-refractivity contribution is 8.26. The van der Waals surface area contributed by atoms with Gasteiger partial charge >= 0.3 is 0 Å². The lowest BCUT2D eigenvalue weighted by Crippen LogP contribution is -2.30. The zero-order chi connectivity index (χ0) is 24.0. The lowest BCUT2D eigenvalue weighted by atomic mass is 10.1. The van der Waals surface area contributed by atoms with E-state index in [9.17, 15) is 9.59 Å². The number of amides is 2. The van der Waals surface area contributed by atoms with Gasteiger partial charge < -0.3 is 24.7 Å². The molecule has 0 aromatic heterocycles. The van der Waals surface area contributed by atoms with Crippen molar-refractivity contribution in [2.45, 2.75) is 6.42 Å². The molecule has 3 rings (SSSR count). The van der Waals surface area contributed by atoms with E-state index < -0.39 is 5.91 Å². The highest BCUT2D eigenvalue weighted by Gasteiger charge is 2.31. The first-order chi connectivity index (χ1) is 15.9. The Morgan fingerprint density at radius 2 is 1.70 bits per heavy atom. The number of benzene rings is 2. The quantitative estimate of drug-likeness (QED) is 0.402. The van der Waals surface area contributed by atoms with Crippen molar-refractivity contribution in [3.8, 4) is 23.0 Å². The van der Waals surface area contributed by atoms with E-state index in [0.717, 1.165) is 11.1 Å². The predicted molar refractivity (Wildman–Crippen MR) is 131 cm³/mol. The highest BCUT2D eigenvalue weighted by atomic mass is 32.2. The molecule has 2 N–H and O–H groups in total. The molecular weight excluding hydrogens is 464 g/mol. The van der Waals surface area contributed by atoms with Crippen molar-refractivity contribution in [3.05, 3.63) is 52.4 Å². The Hall–Kier alpha value is -3.24. The second kappa shape index (κ2) is 11.1. The van der Waals surface area contributed by atoms with Gasteiger partial charge in [-0.3, -0.25) is 14.5 Å². The van der Waals surface area contributed by atoms with Crippen molar-refractivity contribution < 1.29 is 28.5 Å². The number of hydrogen-bond acceptors (Lipinski definition) is 8. The molecule has 1 fully saturated rings. The van der Waals surface area contributed by atoms with Gasteiger partial charge in [0, 0.05) is 6.54 Å². The molecule has 0 radical (unpaired) electrons. The van der Waals surface area contributed by atoms with E-state index >= 15 is 0 Å². The third-order valence-corrected chi connectivity index (χ3v) is 6.18. The monoisotopic (exact) mass is 488 g/mol. The lowest BCUT2D eigenvalue weighted by Gasteiger charge is -2.15. The Morgan fingerprint density at radius 3 is 2.36 bits per heavy atom. The first-order valence-electron chi connectivity index (χ1n) is 9.91. The van der Waals surface area contributed by atoms with Crippen LogP contribution in [-0.4, -0.2) is 55.5 Å². The first kappa shape index (κ1) is 24.4. The van der Waals surface area contributed by atoms with Gasteiger partial charge in [0.2, 0.25) is 0 Å². The van der Waals surface area contributed by atoms with Crippen LogP contribution in [0.2, 0.25) is 0 Å². The SMILES string of the molecule is COc1ccc(CCN2C(=O)/C(=C\c3ccc(OCC(N)=O)c(OC)c3)SC2=S)cc1OC. The Balaban J connectivity index is 1.71. The Morgan fingerprint density at radius 1 is 1.03 bits per heavy atom. The van der Waals surface area contributed by atoms with E-state index in [1.165, 1.54) is 18.9 Å². The number of hydrogen-bond donors (Lipinski definition) is 1. The number of nitrogens with zero attached hydrogens (tertiary/aromatic N) is 1. The molecule has 174 valence electrons. The number of carbonyl (C=O) groups is 2. The third kappa shape index (κ3) is 5.96. The van der Waals surface area contributed by atoms with Crippen molar-refractivity contribution in [1.29, 1.82) is 0 Å². The van der Waals surface area contributed by atoms with E-state index in [4.69, 9.17) is 36.9 Å². The Labute approximate surface area is 201 Å². The van der Waals surface area contributed by atoms with Crippen molar-refractivity contribution >= 4 is 46.2 Å². The van der Waals surface area contributed by atoms with Crippen LogP contribution in [0, 0.1) is 0 Å². The highest BCUT2D eigenvalue weighted by Crippen LogP contribution is 2.35. The second-order valence-electron chi connectivity index (χ2n) is 6.94. The van der Waals surface area contributed by atoms with Gasteiger partial charge in [0.1, 0.15) is 4.32 Å². The molecule has 2 amide bonds. The maximum absolute atomic E-state index is 13.0. The molecule has 0 atom stereocenters. The van der Waals surface area contributed by atoms with Gasteiger partial charge in [-0.1, -0.05) is 36.1 Å². The van der Waals surface area contributed by atoms with Crippen LogP contribution in [0.4, 0.5) is 0 Å². The Bertz CT molecular complexity index is 1100.